The first-order valence-corrected chi connectivity index (χ1v) is 12.3. The van der Waals surface area contributed by atoms with Gasteiger partial charge in [-0.15, -0.1) is 0 Å². The normalized spacial score (nSPS) is 16.2. The van der Waals surface area contributed by atoms with Gasteiger partial charge in [-0.2, -0.15) is 40.5 Å². The van der Waals surface area contributed by atoms with Crippen LogP contribution >= 0.6 is 0 Å². The van der Waals surface area contributed by atoms with Crippen LogP contribution in [0.5, 0.6) is 0 Å². The third kappa shape index (κ3) is 5.34. The number of carbonyl (C=O) groups is 1. The zero-order valence-corrected chi connectivity index (χ0v) is 19.3. The molecule has 3 aromatic rings. The Kier molecular flexibility index (Phi) is 6.53. The van der Waals surface area contributed by atoms with E-state index in [2.05, 4.69) is 24.7 Å². The summed E-state index contributed by atoms with van der Waals surface area (Å²) in [7, 11) is -2.40. The Hall–Kier alpha value is -3.49. The van der Waals surface area contributed by atoms with Gasteiger partial charge in [0.1, 0.15) is 5.69 Å². The lowest BCUT2D eigenvalue weighted by atomic mass is 10.0. The fraction of sp³-hybridized carbons (Fsp3) is 0.333. The van der Waals surface area contributed by atoms with Crippen molar-refractivity contribution in [1.82, 2.24) is 25.1 Å². The van der Waals surface area contributed by atoms with Crippen LogP contribution in [-0.2, 0) is 22.1 Å². The smallest absolute Gasteiger partial charge is 0.344 e. The SMILES string of the molecule is CC(NC(=O)c1cc(C(F)(F)F)cc(C(F)(F)F)c1)c1nccnc1-n1nccc1N=S1(=O)CCC1. The van der Waals surface area contributed by atoms with Gasteiger partial charge in [0, 0.05) is 35.5 Å². The predicted octanol–water partition coefficient (Wildman–Crippen LogP) is 4.69. The van der Waals surface area contributed by atoms with Crippen molar-refractivity contribution in [3.8, 4) is 5.82 Å². The molecule has 15 heteroatoms. The number of hydrogen-bond donors (Lipinski definition) is 1. The summed E-state index contributed by atoms with van der Waals surface area (Å²) in [6.07, 6.45) is -5.40. The predicted molar refractivity (Wildman–Crippen MR) is 116 cm³/mol. The fourth-order valence-corrected chi connectivity index (χ4v) is 4.87. The first-order valence-electron chi connectivity index (χ1n) is 10.4. The van der Waals surface area contributed by atoms with Crippen LogP contribution in [0.15, 0.2) is 47.2 Å². The van der Waals surface area contributed by atoms with Crippen LogP contribution in [0.2, 0.25) is 0 Å². The van der Waals surface area contributed by atoms with E-state index in [-0.39, 0.29) is 23.4 Å². The molecular formula is C21H18F6N6O2S. The molecule has 36 heavy (non-hydrogen) atoms. The molecule has 1 unspecified atom stereocenters. The number of hydrogen-bond acceptors (Lipinski definition) is 6. The lowest BCUT2D eigenvalue weighted by Crippen LogP contribution is -2.29. The Bertz CT molecular complexity index is 1380. The van der Waals surface area contributed by atoms with Gasteiger partial charge < -0.3 is 5.32 Å². The molecule has 1 aliphatic heterocycles. The monoisotopic (exact) mass is 532 g/mol. The maximum absolute atomic E-state index is 13.2. The Morgan fingerprint density at radius 1 is 1.03 bits per heavy atom. The van der Waals surface area contributed by atoms with E-state index in [1.807, 2.05) is 0 Å². The van der Waals surface area contributed by atoms with E-state index in [4.69, 9.17) is 0 Å². The van der Waals surface area contributed by atoms with Crippen molar-refractivity contribution < 1.29 is 35.3 Å². The van der Waals surface area contributed by atoms with Gasteiger partial charge >= 0.3 is 12.4 Å². The molecule has 1 N–H and O–H groups in total. The largest absolute Gasteiger partial charge is 0.416 e. The molecule has 3 heterocycles. The highest BCUT2D eigenvalue weighted by atomic mass is 32.2. The van der Waals surface area contributed by atoms with Gasteiger partial charge in [-0.25, -0.2) is 9.19 Å². The number of nitrogens with zero attached hydrogens (tertiary/aromatic N) is 5. The average molecular weight is 532 g/mol. The van der Waals surface area contributed by atoms with Crippen molar-refractivity contribution in [2.75, 3.05) is 11.5 Å². The van der Waals surface area contributed by atoms with E-state index in [1.165, 1.54) is 36.3 Å². The van der Waals surface area contributed by atoms with E-state index in [0.717, 1.165) is 6.42 Å². The van der Waals surface area contributed by atoms with Gasteiger partial charge in [0.05, 0.1) is 33.1 Å². The Morgan fingerprint density at radius 3 is 2.19 bits per heavy atom. The molecule has 0 bridgehead atoms. The number of carbonyl (C=O) groups excluding carboxylic acids is 1. The van der Waals surface area contributed by atoms with E-state index in [9.17, 15) is 35.3 Å². The standard InChI is InChI=1S/C21H18F6N6O2S/c1-12(31-19(34)13-9-14(20(22,23)24)11-15(10-13)21(25,26)27)17-18(29-6-5-28-17)33-16(3-4-30-33)32-36(35)7-2-8-36/h3-6,9-12H,2,7-8H2,1H3,(H,31,34). The Morgan fingerprint density at radius 2 is 1.64 bits per heavy atom. The van der Waals surface area contributed by atoms with Gasteiger partial charge in [-0.05, 0) is 31.5 Å². The minimum absolute atomic E-state index is 0.0589. The molecule has 2 aromatic heterocycles. The zero-order valence-electron chi connectivity index (χ0n) is 18.5. The number of rotatable bonds is 5. The van der Waals surface area contributed by atoms with Crippen molar-refractivity contribution >= 4 is 21.5 Å². The van der Waals surface area contributed by atoms with Crippen LogP contribution < -0.4 is 5.32 Å². The van der Waals surface area contributed by atoms with Crippen molar-refractivity contribution in [1.29, 1.82) is 0 Å². The van der Waals surface area contributed by atoms with Gasteiger partial charge in [-0.3, -0.25) is 9.78 Å². The summed E-state index contributed by atoms with van der Waals surface area (Å²) >= 11 is 0. The molecule has 1 aliphatic rings. The van der Waals surface area contributed by atoms with Gasteiger partial charge in [-0.1, -0.05) is 0 Å². The Balaban J connectivity index is 1.66. The number of halogens is 6. The van der Waals surface area contributed by atoms with Crippen LogP contribution in [0.4, 0.5) is 32.2 Å². The Labute approximate surface area is 200 Å². The highest BCUT2D eigenvalue weighted by Crippen LogP contribution is 2.36. The molecule has 4 rings (SSSR count). The van der Waals surface area contributed by atoms with E-state index in [0.29, 0.717) is 23.6 Å². The second-order valence-corrected chi connectivity index (χ2v) is 10.5. The quantitative estimate of drug-likeness (QED) is 0.481. The molecule has 1 atom stereocenters. The minimum atomic E-state index is -5.10. The second kappa shape index (κ2) is 9.19. The summed E-state index contributed by atoms with van der Waals surface area (Å²) in [5.41, 5.74) is -3.94. The molecule has 0 radical (unpaired) electrons. The van der Waals surface area contributed by atoms with Crippen molar-refractivity contribution in [3.05, 3.63) is 65.2 Å². The average Bonchev–Trinajstić information content (AvgIpc) is 3.24. The van der Waals surface area contributed by atoms with Crippen molar-refractivity contribution in [2.24, 2.45) is 4.36 Å². The van der Waals surface area contributed by atoms with Crippen LogP contribution in [-0.4, -0.2) is 41.4 Å². The van der Waals surface area contributed by atoms with Gasteiger partial charge in [0.15, 0.2) is 11.6 Å². The van der Waals surface area contributed by atoms with E-state index >= 15 is 0 Å². The molecular weight excluding hydrogens is 514 g/mol. The molecule has 1 saturated heterocycles. The summed E-state index contributed by atoms with van der Waals surface area (Å²) in [6, 6.07) is 1.12. The fourth-order valence-electron chi connectivity index (χ4n) is 3.43. The number of benzene rings is 1. The van der Waals surface area contributed by atoms with Gasteiger partial charge in [0.25, 0.3) is 5.91 Å². The number of aromatic nitrogens is 4. The maximum atomic E-state index is 13.2. The molecule has 1 amide bonds. The lowest BCUT2D eigenvalue weighted by molar-refractivity contribution is -0.143. The first-order chi connectivity index (χ1) is 16.8. The summed E-state index contributed by atoms with van der Waals surface area (Å²) in [5, 5.41) is 6.48. The molecule has 1 aromatic carbocycles. The number of amides is 1. The van der Waals surface area contributed by atoms with Crippen LogP contribution in [0.1, 0.15) is 46.6 Å². The van der Waals surface area contributed by atoms with Crippen LogP contribution in [0, 0.1) is 0 Å². The summed E-state index contributed by atoms with van der Waals surface area (Å²) < 4.78 is 97.1. The third-order valence-electron chi connectivity index (χ3n) is 5.32. The van der Waals surface area contributed by atoms with Gasteiger partial charge in [0.2, 0.25) is 0 Å². The highest BCUT2D eigenvalue weighted by molar-refractivity contribution is 7.95. The molecule has 0 spiro atoms. The number of nitrogens with one attached hydrogen (secondary N) is 1. The zero-order chi connectivity index (χ0) is 26.3. The lowest BCUT2D eigenvalue weighted by Gasteiger charge is -2.19. The van der Waals surface area contributed by atoms with E-state index in [1.54, 1.807) is 0 Å². The first kappa shape index (κ1) is 25.6. The third-order valence-corrected chi connectivity index (χ3v) is 7.70. The topological polar surface area (TPSA) is 102 Å². The molecule has 8 nitrogen and oxygen atoms in total. The van der Waals surface area contributed by atoms with Crippen LogP contribution in [0.3, 0.4) is 0 Å². The molecule has 0 saturated carbocycles. The van der Waals surface area contributed by atoms with Crippen molar-refractivity contribution in [3.63, 3.8) is 0 Å². The second-order valence-electron chi connectivity index (χ2n) is 7.98. The highest BCUT2D eigenvalue weighted by Gasteiger charge is 2.37. The molecule has 1 fully saturated rings. The molecule has 192 valence electrons. The summed E-state index contributed by atoms with van der Waals surface area (Å²) in [4.78, 5) is 21.1. The van der Waals surface area contributed by atoms with E-state index < -0.39 is 50.7 Å². The molecule has 0 aliphatic carbocycles. The summed E-state index contributed by atoms with van der Waals surface area (Å²) in [5.74, 6) is 0.0200. The minimum Gasteiger partial charge on any atom is -0.344 e. The summed E-state index contributed by atoms with van der Waals surface area (Å²) in [6.45, 7) is 1.43. The van der Waals surface area contributed by atoms with Crippen molar-refractivity contribution in [2.45, 2.75) is 31.7 Å². The number of alkyl halides is 6. The van der Waals surface area contributed by atoms with Crippen LogP contribution in [0.25, 0.3) is 5.82 Å². The maximum Gasteiger partial charge on any atom is 0.416 e.